The number of rotatable bonds is 5. The molecule has 0 spiro atoms. The molecule has 5 rings (SSSR count). The van der Waals surface area contributed by atoms with Crippen molar-refractivity contribution >= 4 is 34.4 Å². The maximum Gasteiger partial charge on any atom is 0.338 e. The lowest BCUT2D eigenvalue weighted by Crippen LogP contribution is -2.44. The number of aromatic nitrogens is 1. The number of carbonyl (C=O) groups is 3. The fourth-order valence-electron chi connectivity index (χ4n) is 4.77. The number of ether oxygens (including phenoxy) is 2. The number of methoxy groups -OCH3 is 1. The van der Waals surface area contributed by atoms with Gasteiger partial charge in [-0.1, -0.05) is 0 Å². The fraction of sp³-hybridized carbons (Fsp3) is 0.320. The number of fused-ring (bicyclic) bond motifs is 3. The number of carbonyl (C=O) groups excluding carboxylic acids is 3. The molecule has 0 bridgehead atoms. The summed E-state index contributed by atoms with van der Waals surface area (Å²) in [5.74, 6) is -0.0832. The molecule has 1 N–H and O–H groups in total. The lowest BCUT2D eigenvalue weighted by molar-refractivity contribution is -0.123. The van der Waals surface area contributed by atoms with Gasteiger partial charge >= 0.3 is 5.97 Å². The summed E-state index contributed by atoms with van der Waals surface area (Å²) >= 11 is 0. The number of aromatic amines is 1. The van der Waals surface area contributed by atoms with Gasteiger partial charge in [0.2, 0.25) is 5.91 Å². The lowest BCUT2D eigenvalue weighted by Gasteiger charge is -2.30. The molecule has 1 saturated heterocycles. The van der Waals surface area contributed by atoms with Crippen LogP contribution in [0.1, 0.15) is 35.0 Å². The number of H-pyrrole nitrogens is 1. The molecule has 0 saturated carbocycles. The number of hydrogen-bond donors (Lipinski definition) is 1. The average molecular weight is 447 g/mol. The topological polar surface area (TPSA) is 91.9 Å². The van der Waals surface area contributed by atoms with Gasteiger partial charge in [-0.05, 0) is 61.4 Å². The molecule has 2 amide bonds. The Kier molecular flexibility index (Phi) is 5.38. The number of imide groups is 1. The standard InChI is InChI=1S/C25H25N3O5/c1-3-33-25(31)15-4-6-16(7-5-15)28-23(29)13-22(24(28)30)27-11-10-18-19-12-17(32-2)8-9-20(19)26-21(18)14-27/h4-9,12,22,26H,3,10-11,13-14H2,1-2H3/t22-/m0/s1. The highest BCUT2D eigenvalue weighted by molar-refractivity contribution is 6.22. The number of amides is 2. The summed E-state index contributed by atoms with van der Waals surface area (Å²) < 4.78 is 10.4. The van der Waals surface area contributed by atoms with Crippen LogP contribution in [-0.4, -0.2) is 54.0 Å². The van der Waals surface area contributed by atoms with Gasteiger partial charge in [0.25, 0.3) is 5.91 Å². The van der Waals surface area contributed by atoms with Crippen LogP contribution in [-0.2, 0) is 27.3 Å². The molecule has 3 aromatic rings. The molecule has 0 unspecified atom stereocenters. The van der Waals surface area contributed by atoms with Gasteiger partial charge in [-0.25, -0.2) is 9.69 Å². The Morgan fingerprint density at radius 2 is 1.94 bits per heavy atom. The fourth-order valence-corrected chi connectivity index (χ4v) is 4.77. The van der Waals surface area contributed by atoms with E-state index in [-0.39, 0.29) is 24.8 Å². The highest BCUT2D eigenvalue weighted by Crippen LogP contribution is 2.33. The van der Waals surface area contributed by atoms with E-state index in [4.69, 9.17) is 9.47 Å². The first-order valence-corrected chi connectivity index (χ1v) is 11.1. The molecule has 1 fully saturated rings. The smallest absolute Gasteiger partial charge is 0.338 e. The molecule has 3 heterocycles. The first-order chi connectivity index (χ1) is 16.0. The van der Waals surface area contributed by atoms with Gasteiger partial charge in [0.05, 0.1) is 37.4 Å². The molecule has 1 aromatic heterocycles. The SMILES string of the molecule is CCOC(=O)c1ccc(N2C(=O)C[C@H](N3CCc4c([nH]c5ccc(OC)cc45)C3)C2=O)cc1. The van der Waals surface area contributed by atoms with Crippen molar-refractivity contribution in [1.29, 1.82) is 0 Å². The first kappa shape index (κ1) is 21.2. The predicted molar refractivity (Wildman–Crippen MR) is 122 cm³/mol. The third-order valence-electron chi connectivity index (χ3n) is 6.41. The second-order valence-corrected chi connectivity index (χ2v) is 8.27. The van der Waals surface area contributed by atoms with Gasteiger partial charge in [0, 0.05) is 29.7 Å². The van der Waals surface area contributed by atoms with E-state index in [1.165, 1.54) is 10.5 Å². The zero-order chi connectivity index (χ0) is 23.1. The second kappa shape index (κ2) is 8.37. The van der Waals surface area contributed by atoms with Gasteiger partial charge in [-0.3, -0.25) is 14.5 Å². The maximum atomic E-state index is 13.2. The molecule has 8 nitrogen and oxygen atoms in total. The quantitative estimate of drug-likeness (QED) is 0.478. The van der Waals surface area contributed by atoms with Crippen LogP contribution in [0, 0.1) is 0 Å². The molecule has 0 radical (unpaired) electrons. The minimum absolute atomic E-state index is 0.141. The van der Waals surface area contributed by atoms with Crippen LogP contribution < -0.4 is 9.64 Å². The predicted octanol–water partition coefficient (Wildman–Crippen LogP) is 3.04. The van der Waals surface area contributed by atoms with Gasteiger partial charge in [-0.2, -0.15) is 0 Å². The van der Waals surface area contributed by atoms with Gasteiger partial charge in [-0.15, -0.1) is 0 Å². The summed E-state index contributed by atoms with van der Waals surface area (Å²) in [5, 5.41) is 1.14. The average Bonchev–Trinajstić information content (AvgIpc) is 3.34. The number of hydrogen-bond acceptors (Lipinski definition) is 6. The van der Waals surface area contributed by atoms with Crippen molar-refractivity contribution in [2.24, 2.45) is 0 Å². The van der Waals surface area contributed by atoms with Crippen molar-refractivity contribution in [3.63, 3.8) is 0 Å². The van der Waals surface area contributed by atoms with E-state index in [9.17, 15) is 14.4 Å². The minimum atomic E-state index is -0.503. The molecule has 0 aliphatic carbocycles. The minimum Gasteiger partial charge on any atom is -0.497 e. The van der Waals surface area contributed by atoms with E-state index in [1.54, 1.807) is 38.3 Å². The maximum absolute atomic E-state index is 13.2. The van der Waals surface area contributed by atoms with Crippen LogP contribution in [0.3, 0.4) is 0 Å². The number of benzene rings is 2. The Bertz CT molecular complexity index is 1250. The molecule has 2 aliphatic rings. The molecular weight excluding hydrogens is 422 g/mol. The first-order valence-electron chi connectivity index (χ1n) is 11.1. The highest BCUT2D eigenvalue weighted by Gasteiger charge is 2.43. The van der Waals surface area contributed by atoms with Crippen LogP contribution >= 0.6 is 0 Å². The summed E-state index contributed by atoms with van der Waals surface area (Å²) in [5.41, 5.74) is 4.20. The van der Waals surface area contributed by atoms with Crippen molar-refractivity contribution in [2.45, 2.75) is 32.4 Å². The summed E-state index contributed by atoms with van der Waals surface area (Å²) in [6.45, 7) is 3.29. The van der Waals surface area contributed by atoms with Crippen molar-refractivity contribution < 1.29 is 23.9 Å². The van der Waals surface area contributed by atoms with E-state index >= 15 is 0 Å². The van der Waals surface area contributed by atoms with Crippen LogP contribution in [0.15, 0.2) is 42.5 Å². The Labute approximate surface area is 191 Å². The number of esters is 1. The largest absolute Gasteiger partial charge is 0.497 e. The van der Waals surface area contributed by atoms with Crippen LogP contribution in [0.4, 0.5) is 5.69 Å². The zero-order valence-corrected chi connectivity index (χ0v) is 18.6. The summed E-state index contributed by atoms with van der Waals surface area (Å²) in [6.07, 6.45) is 0.927. The van der Waals surface area contributed by atoms with E-state index in [0.29, 0.717) is 24.3 Å². The zero-order valence-electron chi connectivity index (χ0n) is 18.6. The van der Waals surface area contributed by atoms with Crippen LogP contribution in [0.25, 0.3) is 10.9 Å². The summed E-state index contributed by atoms with van der Waals surface area (Å²) in [6, 6.07) is 11.8. The van der Waals surface area contributed by atoms with Gasteiger partial charge in [0.1, 0.15) is 5.75 Å². The molecule has 1 atom stereocenters. The van der Waals surface area contributed by atoms with Crippen molar-refractivity contribution in [3.05, 3.63) is 59.3 Å². The number of anilines is 1. The lowest BCUT2D eigenvalue weighted by atomic mass is 10.0. The van der Waals surface area contributed by atoms with E-state index in [2.05, 4.69) is 9.88 Å². The summed E-state index contributed by atoms with van der Waals surface area (Å²) in [7, 11) is 1.65. The number of nitrogens with one attached hydrogen (secondary N) is 1. The van der Waals surface area contributed by atoms with E-state index < -0.39 is 12.0 Å². The third kappa shape index (κ3) is 3.66. The Morgan fingerprint density at radius 1 is 1.15 bits per heavy atom. The van der Waals surface area contributed by atoms with Crippen LogP contribution in [0.5, 0.6) is 5.75 Å². The van der Waals surface area contributed by atoms with Crippen molar-refractivity contribution in [3.8, 4) is 5.75 Å². The molecule has 33 heavy (non-hydrogen) atoms. The number of nitrogens with zero attached hydrogens (tertiary/aromatic N) is 2. The summed E-state index contributed by atoms with van der Waals surface area (Å²) in [4.78, 5) is 44.7. The second-order valence-electron chi connectivity index (χ2n) is 8.27. The molecule has 170 valence electrons. The Morgan fingerprint density at radius 3 is 2.67 bits per heavy atom. The normalized spacial score (nSPS) is 18.6. The molecular formula is C25H25N3O5. The molecule has 8 heteroatoms. The van der Waals surface area contributed by atoms with Crippen molar-refractivity contribution in [1.82, 2.24) is 9.88 Å². The van der Waals surface area contributed by atoms with Gasteiger partial charge < -0.3 is 14.5 Å². The van der Waals surface area contributed by atoms with E-state index in [0.717, 1.165) is 28.8 Å². The van der Waals surface area contributed by atoms with E-state index in [1.807, 2.05) is 18.2 Å². The highest BCUT2D eigenvalue weighted by atomic mass is 16.5. The molecule has 2 aliphatic heterocycles. The third-order valence-corrected chi connectivity index (χ3v) is 6.41. The van der Waals surface area contributed by atoms with Crippen LogP contribution in [0.2, 0.25) is 0 Å². The Balaban J connectivity index is 1.35. The van der Waals surface area contributed by atoms with Crippen molar-refractivity contribution in [2.75, 3.05) is 25.2 Å². The van der Waals surface area contributed by atoms with Gasteiger partial charge in [0.15, 0.2) is 0 Å². The molecule has 2 aromatic carbocycles. The Hall–Kier alpha value is -3.65. The monoisotopic (exact) mass is 447 g/mol.